The molecule has 1 heterocycles. The van der Waals surface area contributed by atoms with E-state index >= 15 is 0 Å². The summed E-state index contributed by atoms with van der Waals surface area (Å²) in [5.74, 6) is -2.09. The van der Waals surface area contributed by atoms with Gasteiger partial charge in [0.25, 0.3) is 0 Å². The molecular formula is C20H19F2N3O4S2. The summed E-state index contributed by atoms with van der Waals surface area (Å²) in [5, 5.41) is 2.75. The molecule has 1 amide bonds. The predicted octanol–water partition coefficient (Wildman–Crippen LogP) is 3.71. The third-order valence-corrected chi connectivity index (χ3v) is 6.76. The van der Waals surface area contributed by atoms with Crippen molar-refractivity contribution in [1.29, 1.82) is 0 Å². The number of aryl methyl sites for hydroxylation is 1. The van der Waals surface area contributed by atoms with Crippen molar-refractivity contribution >= 4 is 32.4 Å². The van der Waals surface area contributed by atoms with Gasteiger partial charge in [-0.25, -0.2) is 22.2 Å². The molecule has 11 heteroatoms. The second-order valence-corrected chi connectivity index (χ2v) is 9.48. The van der Waals surface area contributed by atoms with Crippen molar-refractivity contribution in [3.63, 3.8) is 0 Å². The Morgan fingerprint density at radius 3 is 2.42 bits per heavy atom. The number of hydrogen-bond acceptors (Lipinski definition) is 6. The van der Waals surface area contributed by atoms with Gasteiger partial charge in [-0.05, 0) is 56.3 Å². The molecule has 1 aromatic heterocycles. The fraction of sp³-hybridized carbons (Fsp3) is 0.200. The molecule has 0 bridgehead atoms. The maximum Gasteiger partial charge on any atom is 0.244 e. The number of nitrogens with zero attached hydrogens (tertiary/aromatic N) is 1. The maximum absolute atomic E-state index is 13.5. The van der Waals surface area contributed by atoms with Gasteiger partial charge in [-0.15, -0.1) is 11.3 Å². The standard InChI is InChI=1S/C20H19F2N3O4S2/c1-11(25-31(27,28)15-7-5-14(29-3)6-8-15)19(26)24-20-23-18(12(2)30-20)13-4-9-16(21)17(22)10-13/h4-11,25H,1-3H3,(H,23,24,26)/t11-/m0/s1. The molecule has 0 aliphatic carbocycles. The summed E-state index contributed by atoms with van der Waals surface area (Å²) in [6.45, 7) is 3.12. The third-order valence-electron chi connectivity index (χ3n) is 4.31. The Morgan fingerprint density at radius 1 is 1.13 bits per heavy atom. The number of carbonyl (C=O) groups is 1. The molecule has 2 N–H and O–H groups in total. The summed E-state index contributed by atoms with van der Waals surface area (Å²) < 4.78 is 59.0. The zero-order valence-electron chi connectivity index (χ0n) is 16.8. The third kappa shape index (κ3) is 5.24. The molecule has 1 atom stereocenters. The van der Waals surface area contributed by atoms with Gasteiger partial charge in [0.05, 0.1) is 23.7 Å². The van der Waals surface area contributed by atoms with E-state index in [0.29, 0.717) is 21.9 Å². The van der Waals surface area contributed by atoms with Crippen LogP contribution in [0, 0.1) is 18.6 Å². The molecule has 0 unspecified atom stereocenters. The number of amides is 1. The highest BCUT2D eigenvalue weighted by Crippen LogP contribution is 2.31. The van der Waals surface area contributed by atoms with Gasteiger partial charge in [-0.3, -0.25) is 4.79 Å². The lowest BCUT2D eigenvalue weighted by molar-refractivity contribution is -0.117. The summed E-state index contributed by atoms with van der Waals surface area (Å²) in [5.41, 5.74) is 0.757. The van der Waals surface area contributed by atoms with Crippen molar-refractivity contribution in [2.75, 3.05) is 12.4 Å². The van der Waals surface area contributed by atoms with E-state index < -0.39 is 33.6 Å². The first kappa shape index (κ1) is 22.8. The van der Waals surface area contributed by atoms with Crippen LogP contribution in [-0.2, 0) is 14.8 Å². The number of sulfonamides is 1. The van der Waals surface area contributed by atoms with Crippen LogP contribution in [-0.4, -0.2) is 32.5 Å². The first-order valence-corrected chi connectivity index (χ1v) is 11.3. The maximum atomic E-state index is 13.5. The molecule has 2 aromatic carbocycles. The van der Waals surface area contributed by atoms with E-state index in [2.05, 4.69) is 15.0 Å². The molecule has 3 rings (SSSR count). The Labute approximate surface area is 182 Å². The van der Waals surface area contributed by atoms with E-state index in [-0.39, 0.29) is 10.0 Å². The highest BCUT2D eigenvalue weighted by molar-refractivity contribution is 7.89. The molecule has 164 valence electrons. The lowest BCUT2D eigenvalue weighted by atomic mass is 10.1. The van der Waals surface area contributed by atoms with Gasteiger partial charge >= 0.3 is 0 Å². The fourth-order valence-corrected chi connectivity index (χ4v) is 4.73. The van der Waals surface area contributed by atoms with Crippen LogP contribution < -0.4 is 14.8 Å². The zero-order chi connectivity index (χ0) is 22.8. The Morgan fingerprint density at radius 2 is 1.81 bits per heavy atom. The second-order valence-electron chi connectivity index (χ2n) is 6.56. The number of methoxy groups -OCH3 is 1. The molecule has 0 radical (unpaired) electrons. The van der Waals surface area contributed by atoms with E-state index in [1.165, 1.54) is 44.4 Å². The first-order chi connectivity index (χ1) is 14.6. The highest BCUT2D eigenvalue weighted by Gasteiger charge is 2.23. The number of benzene rings is 2. The van der Waals surface area contributed by atoms with E-state index in [1.807, 2.05) is 0 Å². The Bertz CT molecular complexity index is 1210. The second kappa shape index (κ2) is 9.08. The largest absolute Gasteiger partial charge is 0.497 e. The van der Waals surface area contributed by atoms with E-state index in [9.17, 15) is 22.0 Å². The normalized spacial score (nSPS) is 12.4. The number of anilines is 1. The van der Waals surface area contributed by atoms with Gasteiger partial charge in [0.15, 0.2) is 16.8 Å². The van der Waals surface area contributed by atoms with Crippen molar-refractivity contribution in [2.24, 2.45) is 0 Å². The number of carbonyl (C=O) groups excluding carboxylic acids is 1. The molecule has 0 saturated carbocycles. The summed E-state index contributed by atoms with van der Waals surface area (Å²) >= 11 is 1.13. The topological polar surface area (TPSA) is 97.4 Å². The number of aromatic nitrogens is 1. The number of halogens is 2. The molecule has 0 aliphatic rings. The minimum Gasteiger partial charge on any atom is -0.497 e. The van der Waals surface area contributed by atoms with Crippen molar-refractivity contribution < 1.29 is 26.7 Å². The van der Waals surface area contributed by atoms with Crippen LogP contribution in [0.3, 0.4) is 0 Å². The highest BCUT2D eigenvalue weighted by atomic mass is 32.2. The Balaban J connectivity index is 1.71. The molecule has 0 saturated heterocycles. The summed E-state index contributed by atoms with van der Waals surface area (Å²) in [7, 11) is -2.47. The summed E-state index contributed by atoms with van der Waals surface area (Å²) in [4.78, 5) is 17.4. The van der Waals surface area contributed by atoms with Gasteiger partial charge in [0.2, 0.25) is 15.9 Å². The first-order valence-electron chi connectivity index (χ1n) is 9.01. The fourth-order valence-electron chi connectivity index (χ4n) is 2.68. The number of hydrogen-bond donors (Lipinski definition) is 2. The van der Waals surface area contributed by atoms with E-state index in [4.69, 9.17) is 4.74 Å². The SMILES string of the molecule is COc1ccc(S(=O)(=O)N[C@@H](C)C(=O)Nc2nc(-c3ccc(F)c(F)c3)c(C)s2)cc1. The summed E-state index contributed by atoms with van der Waals surface area (Å²) in [6.07, 6.45) is 0. The van der Waals surface area contributed by atoms with Crippen LogP contribution in [0.4, 0.5) is 13.9 Å². The van der Waals surface area contributed by atoms with Gasteiger partial charge in [0, 0.05) is 10.4 Å². The molecule has 31 heavy (non-hydrogen) atoms. The Hall–Kier alpha value is -2.89. The molecule has 0 fully saturated rings. The zero-order valence-corrected chi connectivity index (χ0v) is 18.4. The molecule has 3 aromatic rings. The van der Waals surface area contributed by atoms with E-state index in [1.54, 1.807) is 6.92 Å². The number of rotatable bonds is 7. The van der Waals surface area contributed by atoms with Gasteiger partial charge < -0.3 is 10.1 Å². The molecule has 0 aliphatic heterocycles. The Kier molecular flexibility index (Phi) is 6.68. The van der Waals surface area contributed by atoms with Crippen molar-refractivity contribution in [3.8, 4) is 17.0 Å². The van der Waals surface area contributed by atoms with Crippen LogP contribution in [0.2, 0.25) is 0 Å². The van der Waals surface area contributed by atoms with Crippen LogP contribution in [0.15, 0.2) is 47.4 Å². The number of ether oxygens (including phenoxy) is 1. The minimum atomic E-state index is -3.94. The van der Waals surface area contributed by atoms with Gasteiger partial charge in [-0.2, -0.15) is 4.72 Å². The van der Waals surface area contributed by atoms with Gasteiger partial charge in [0.1, 0.15) is 5.75 Å². The van der Waals surface area contributed by atoms with Crippen LogP contribution >= 0.6 is 11.3 Å². The van der Waals surface area contributed by atoms with Crippen molar-refractivity contribution in [1.82, 2.24) is 9.71 Å². The summed E-state index contributed by atoms with van der Waals surface area (Å²) in [6, 6.07) is 8.04. The van der Waals surface area contributed by atoms with Crippen LogP contribution in [0.5, 0.6) is 5.75 Å². The number of thiazole rings is 1. The molecule has 0 spiro atoms. The smallest absolute Gasteiger partial charge is 0.244 e. The lowest BCUT2D eigenvalue weighted by Crippen LogP contribution is -2.41. The molecule has 7 nitrogen and oxygen atoms in total. The monoisotopic (exact) mass is 467 g/mol. The lowest BCUT2D eigenvalue weighted by Gasteiger charge is -2.13. The minimum absolute atomic E-state index is 0.0151. The van der Waals surface area contributed by atoms with Crippen LogP contribution in [0.1, 0.15) is 11.8 Å². The average molecular weight is 468 g/mol. The quantitative estimate of drug-likeness (QED) is 0.552. The molecular weight excluding hydrogens is 448 g/mol. The predicted molar refractivity (Wildman–Crippen MR) is 114 cm³/mol. The van der Waals surface area contributed by atoms with Gasteiger partial charge in [-0.1, -0.05) is 0 Å². The van der Waals surface area contributed by atoms with Crippen molar-refractivity contribution in [2.45, 2.75) is 24.8 Å². The van der Waals surface area contributed by atoms with E-state index in [0.717, 1.165) is 23.5 Å². The van der Waals surface area contributed by atoms with Crippen LogP contribution in [0.25, 0.3) is 11.3 Å². The number of nitrogens with one attached hydrogen (secondary N) is 2. The average Bonchev–Trinajstić information content (AvgIpc) is 3.09. The van der Waals surface area contributed by atoms with Crippen molar-refractivity contribution in [3.05, 3.63) is 59.0 Å².